The smallest absolute Gasteiger partial charge is 0.144 e. The summed E-state index contributed by atoms with van der Waals surface area (Å²) in [6.45, 7) is 1.54. The van der Waals surface area contributed by atoms with Gasteiger partial charge in [0, 0.05) is 12.7 Å². The standard InChI is InChI=1S/C13H19Cl2N3/c14-10-6-11(15)12(17-7-10)18-9-13(8-16)4-2-1-3-5-13/h6-7H,1-5,8-9,16H2,(H,17,18). The maximum absolute atomic E-state index is 6.10. The van der Waals surface area contributed by atoms with Crippen molar-refractivity contribution in [2.45, 2.75) is 32.1 Å². The molecule has 1 fully saturated rings. The fourth-order valence-corrected chi connectivity index (χ4v) is 3.02. The average molecular weight is 288 g/mol. The van der Waals surface area contributed by atoms with Gasteiger partial charge in [0.1, 0.15) is 5.82 Å². The maximum Gasteiger partial charge on any atom is 0.144 e. The minimum Gasteiger partial charge on any atom is -0.368 e. The zero-order chi connectivity index (χ0) is 13.0. The molecule has 0 radical (unpaired) electrons. The second kappa shape index (κ2) is 6.09. The van der Waals surface area contributed by atoms with Crippen LogP contribution in [-0.2, 0) is 0 Å². The highest BCUT2D eigenvalue weighted by atomic mass is 35.5. The molecule has 1 aliphatic rings. The summed E-state index contributed by atoms with van der Waals surface area (Å²) < 4.78 is 0. The van der Waals surface area contributed by atoms with Gasteiger partial charge in [-0.1, -0.05) is 42.5 Å². The average Bonchev–Trinajstić information content (AvgIpc) is 2.39. The summed E-state index contributed by atoms with van der Waals surface area (Å²) in [6, 6.07) is 1.70. The zero-order valence-electron chi connectivity index (χ0n) is 10.4. The second-order valence-electron chi connectivity index (χ2n) is 5.10. The van der Waals surface area contributed by atoms with Gasteiger partial charge in [0.15, 0.2) is 0 Å². The maximum atomic E-state index is 6.10. The number of hydrogen-bond donors (Lipinski definition) is 2. The van der Waals surface area contributed by atoms with Crippen molar-refractivity contribution < 1.29 is 0 Å². The van der Waals surface area contributed by atoms with E-state index in [1.54, 1.807) is 12.3 Å². The summed E-state index contributed by atoms with van der Waals surface area (Å²) in [5.41, 5.74) is 6.15. The van der Waals surface area contributed by atoms with Crippen LogP contribution in [0.15, 0.2) is 12.3 Å². The lowest BCUT2D eigenvalue weighted by Gasteiger charge is -2.36. The van der Waals surface area contributed by atoms with Crippen LogP contribution < -0.4 is 11.1 Å². The number of nitrogens with one attached hydrogen (secondary N) is 1. The molecule has 1 aliphatic carbocycles. The number of nitrogens with zero attached hydrogens (tertiary/aromatic N) is 1. The van der Waals surface area contributed by atoms with Gasteiger partial charge in [-0.3, -0.25) is 0 Å². The predicted octanol–water partition coefficient (Wildman–Crippen LogP) is 3.71. The fraction of sp³-hybridized carbons (Fsp3) is 0.615. The first-order valence-corrected chi connectivity index (χ1v) is 7.16. The van der Waals surface area contributed by atoms with Crippen LogP contribution in [0.1, 0.15) is 32.1 Å². The highest BCUT2D eigenvalue weighted by molar-refractivity contribution is 6.35. The van der Waals surface area contributed by atoms with Gasteiger partial charge < -0.3 is 11.1 Å². The molecule has 18 heavy (non-hydrogen) atoms. The van der Waals surface area contributed by atoms with E-state index in [0.717, 1.165) is 6.54 Å². The molecule has 3 N–H and O–H groups in total. The van der Waals surface area contributed by atoms with Crippen LogP contribution in [0.4, 0.5) is 5.82 Å². The Morgan fingerprint density at radius 2 is 2.00 bits per heavy atom. The van der Waals surface area contributed by atoms with Crippen molar-refractivity contribution in [3.63, 3.8) is 0 Å². The fourth-order valence-electron chi connectivity index (χ4n) is 2.57. The van der Waals surface area contributed by atoms with Crippen molar-refractivity contribution in [1.82, 2.24) is 4.98 Å². The molecule has 0 aliphatic heterocycles. The Morgan fingerprint density at radius 3 is 2.61 bits per heavy atom. The molecule has 0 unspecified atom stereocenters. The molecule has 0 bridgehead atoms. The number of hydrogen-bond acceptors (Lipinski definition) is 3. The summed E-state index contributed by atoms with van der Waals surface area (Å²) in [5, 5.41) is 4.43. The molecule has 2 rings (SSSR count). The first-order valence-electron chi connectivity index (χ1n) is 6.40. The predicted molar refractivity (Wildman–Crippen MR) is 77.3 cm³/mol. The Balaban J connectivity index is 2.01. The molecular formula is C13H19Cl2N3. The van der Waals surface area contributed by atoms with Crippen molar-refractivity contribution >= 4 is 29.0 Å². The SMILES string of the molecule is NCC1(CNc2ncc(Cl)cc2Cl)CCCCC1. The molecular weight excluding hydrogens is 269 g/mol. The number of rotatable bonds is 4. The number of aromatic nitrogens is 1. The Hall–Kier alpha value is -0.510. The number of nitrogens with two attached hydrogens (primary N) is 1. The lowest BCUT2D eigenvalue weighted by atomic mass is 9.74. The minimum atomic E-state index is 0.197. The normalized spacial score (nSPS) is 18.6. The van der Waals surface area contributed by atoms with Gasteiger partial charge in [-0.15, -0.1) is 0 Å². The highest BCUT2D eigenvalue weighted by Crippen LogP contribution is 2.36. The van der Waals surface area contributed by atoms with Crippen molar-refractivity contribution in [1.29, 1.82) is 0 Å². The number of pyridine rings is 1. The van der Waals surface area contributed by atoms with Gasteiger partial charge in [-0.05, 0) is 30.9 Å². The number of anilines is 1. The molecule has 1 saturated carbocycles. The van der Waals surface area contributed by atoms with Gasteiger partial charge in [-0.2, -0.15) is 0 Å². The van der Waals surface area contributed by atoms with Gasteiger partial charge in [0.05, 0.1) is 10.0 Å². The molecule has 1 aromatic rings. The summed E-state index contributed by atoms with van der Waals surface area (Å²) in [4.78, 5) is 4.21. The van der Waals surface area contributed by atoms with E-state index in [-0.39, 0.29) is 5.41 Å². The molecule has 0 amide bonds. The van der Waals surface area contributed by atoms with Crippen LogP contribution in [0.5, 0.6) is 0 Å². The van der Waals surface area contributed by atoms with E-state index < -0.39 is 0 Å². The quantitative estimate of drug-likeness (QED) is 0.888. The third-order valence-electron chi connectivity index (χ3n) is 3.79. The van der Waals surface area contributed by atoms with Crippen molar-refractivity contribution in [2.24, 2.45) is 11.1 Å². The summed E-state index contributed by atoms with van der Waals surface area (Å²) in [7, 11) is 0. The molecule has 100 valence electrons. The first-order chi connectivity index (χ1) is 8.65. The topological polar surface area (TPSA) is 50.9 Å². The van der Waals surface area contributed by atoms with Gasteiger partial charge in [0.2, 0.25) is 0 Å². The van der Waals surface area contributed by atoms with E-state index in [0.29, 0.717) is 22.4 Å². The second-order valence-corrected chi connectivity index (χ2v) is 5.95. The molecule has 3 nitrogen and oxygen atoms in total. The Labute approximate surface area is 118 Å². The number of halogens is 2. The largest absolute Gasteiger partial charge is 0.368 e. The first kappa shape index (κ1) is 13.9. The molecule has 1 heterocycles. The minimum absolute atomic E-state index is 0.197. The zero-order valence-corrected chi connectivity index (χ0v) is 11.9. The van der Waals surface area contributed by atoms with Crippen LogP contribution >= 0.6 is 23.2 Å². The van der Waals surface area contributed by atoms with Crippen LogP contribution in [0.3, 0.4) is 0 Å². The third-order valence-corrected chi connectivity index (χ3v) is 4.28. The Bertz CT molecular complexity index is 403. The third kappa shape index (κ3) is 3.28. The van der Waals surface area contributed by atoms with Gasteiger partial charge >= 0.3 is 0 Å². The van der Waals surface area contributed by atoms with Crippen LogP contribution in [0.25, 0.3) is 0 Å². The molecule has 0 atom stereocenters. The van der Waals surface area contributed by atoms with E-state index >= 15 is 0 Å². The highest BCUT2D eigenvalue weighted by Gasteiger charge is 2.30. The van der Waals surface area contributed by atoms with E-state index in [9.17, 15) is 0 Å². The Kier molecular flexibility index (Phi) is 4.71. The van der Waals surface area contributed by atoms with E-state index in [1.165, 1.54) is 32.1 Å². The van der Waals surface area contributed by atoms with Crippen molar-refractivity contribution in [2.75, 3.05) is 18.4 Å². The van der Waals surface area contributed by atoms with Crippen LogP contribution in [0.2, 0.25) is 10.0 Å². The van der Waals surface area contributed by atoms with Gasteiger partial charge in [0.25, 0.3) is 0 Å². The monoisotopic (exact) mass is 287 g/mol. The van der Waals surface area contributed by atoms with Crippen molar-refractivity contribution in [3.8, 4) is 0 Å². The summed E-state index contributed by atoms with van der Waals surface area (Å²) >= 11 is 11.9. The summed E-state index contributed by atoms with van der Waals surface area (Å²) in [5.74, 6) is 0.694. The van der Waals surface area contributed by atoms with Gasteiger partial charge in [-0.25, -0.2) is 4.98 Å². The lowest BCUT2D eigenvalue weighted by molar-refractivity contribution is 0.215. The van der Waals surface area contributed by atoms with Crippen molar-refractivity contribution in [3.05, 3.63) is 22.3 Å². The Morgan fingerprint density at radius 1 is 1.28 bits per heavy atom. The summed E-state index contributed by atoms with van der Waals surface area (Å²) in [6.07, 6.45) is 7.82. The van der Waals surface area contributed by atoms with E-state index in [1.807, 2.05) is 0 Å². The van der Waals surface area contributed by atoms with E-state index in [2.05, 4.69) is 10.3 Å². The lowest BCUT2D eigenvalue weighted by Crippen LogP contribution is -2.39. The molecule has 1 aromatic heterocycles. The van der Waals surface area contributed by atoms with Crippen LogP contribution in [0, 0.1) is 5.41 Å². The molecule has 0 aromatic carbocycles. The van der Waals surface area contributed by atoms with E-state index in [4.69, 9.17) is 28.9 Å². The van der Waals surface area contributed by atoms with Crippen LogP contribution in [-0.4, -0.2) is 18.1 Å². The molecule has 0 spiro atoms. The molecule has 0 saturated heterocycles. The molecule has 5 heteroatoms.